The molecule has 244 valence electrons. The lowest BCUT2D eigenvalue weighted by molar-refractivity contribution is -0.134. The molecule has 20 nitrogen and oxygen atoms in total. The standard InChI is InChI=1S/C22H27BN10O10P2S/c23-44(36)39-4-22-2-1-8(19(41-22)32-6-28-10-15(24)26-5-27-16(10)32)14(22)43-45(37,46)38-3-9-12(34)13(42-44)20(40-9)33-7-29-11-17(33)30-21(25)31-18(11)35/h5-9,12-14,19-20,34H,1-4,23H2,(H,37,46)(H2,24,26,27)(H3,25,30,31,35)/t8?,9?,12?,13?,14?,19?,20?,22?,44?,45-/m1/s1. The third-order valence-corrected chi connectivity index (χ3v) is 11.6. The van der Waals surface area contributed by atoms with Gasteiger partial charge in [-0.3, -0.25) is 32.5 Å². The van der Waals surface area contributed by atoms with Crippen LogP contribution >= 0.6 is 26.5 Å². The van der Waals surface area contributed by atoms with Crippen molar-refractivity contribution in [3.05, 3.63) is 29.3 Å². The zero-order valence-corrected chi connectivity index (χ0v) is 26.5. The Balaban J connectivity index is 1.14. The Morgan fingerprint density at radius 1 is 1.07 bits per heavy atom. The van der Waals surface area contributed by atoms with Gasteiger partial charge >= 0.3 is 6.80 Å². The molecule has 0 aromatic carbocycles. The first kappa shape index (κ1) is 30.4. The Kier molecular flexibility index (Phi) is 6.98. The number of ether oxygens (including phenoxy) is 2. The quantitative estimate of drug-likeness (QED) is 0.102. The molecule has 24 heteroatoms. The van der Waals surface area contributed by atoms with Crippen LogP contribution in [-0.2, 0) is 36.7 Å². The van der Waals surface area contributed by atoms with Crippen molar-refractivity contribution in [3.8, 4) is 0 Å². The van der Waals surface area contributed by atoms with Gasteiger partial charge in [0.1, 0.15) is 48.1 Å². The van der Waals surface area contributed by atoms with E-state index in [4.69, 9.17) is 39.0 Å². The Morgan fingerprint density at radius 2 is 1.83 bits per heavy atom. The number of nitrogens with two attached hydrogens (primary N) is 2. The monoisotopic (exact) mass is 696 g/mol. The molecule has 1 aliphatic carbocycles. The molecule has 0 amide bonds. The molecule has 4 bridgehead atoms. The van der Waals surface area contributed by atoms with Gasteiger partial charge in [0, 0.05) is 5.92 Å². The first-order valence-corrected chi connectivity index (χ1v) is 18.8. The van der Waals surface area contributed by atoms with Crippen molar-refractivity contribution in [1.82, 2.24) is 39.0 Å². The number of hydrogen-bond acceptors (Lipinski definition) is 17. The summed E-state index contributed by atoms with van der Waals surface area (Å²) in [5.74, 6) is -0.395. The molecule has 0 spiro atoms. The maximum Gasteiger partial charge on any atom is 0.386 e. The summed E-state index contributed by atoms with van der Waals surface area (Å²) >= 11 is 4.24. The van der Waals surface area contributed by atoms with Gasteiger partial charge < -0.3 is 35.1 Å². The fourth-order valence-electron chi connectivity index (χ4n) is 6.66. The fourth-order valence-corrected chi connectivity index (χ4v) is 9.39. The van der Waals surface area contributed by atoms with Gasteiger partial charge in [-0.15, -0.1) is 0 Å². The minimum atomic E-state index is -4.15. The summed E-state index contributed by atoms with van der Waals surface area (Å²) in [5.41, 5.74) is 10.6. The molecular weight excluding hydrogens is 669 g/mol. The number of aliphatic hydroxyl groups is 1. The minimum absolute atomic E-state index is 0.0213. The van der Waals surface area contributed by atoms with E-state index in [-0.39, 0.29) is 29.5 Å². The predicted molar refractivity (Wildman–Crippen MR) is 162 cm³/mol. The van der Waals surface area contributed by atoms with E-state index in [1.165, 1.54) is 31.1 Å². The Bertz CT molecular complexity index is 2030. The topological polar surface area (TPSA) is 269 Å². The first-order valence-electron chi connectivity index (χ1n) is 14.1. The van der Waals surface area contributed by atoms with Gasteiger partial charge in [-0.1, -0.05) is 12.2 Å². The van der Waals surface area contributed by atoms with E-state index < -0.39 is 74.8 Å². The molecule has 4 aromatic heterocycles. The smallest absolute Gasteiger partial charge is 0.386 e. The van der Waals surface area contributed by atoms with E-state index in [0.29, 0.717) is 24.0 Å². The van der Waals surface area contributed by atoms with Crippen molar-refractivity contribution in [2.75, 3.05) is 24.7 Å². The van der Waals surface area contributed by atoms with Crippen molar-refractivity contribution in [3.63, 3.8) is 0 Å². The van der Waals surface area contributed by atoms with Crippen molar-refractivity contribution in [1.29, 1.82) is 0 Å². The number of hydrogen-bond donors (Lipinski definition) is 5. The lowest BCUT2D eigenvalue weighted by Crippen LogP contribution is -2.42. The van der Waals surface area contributed by atoms with E-state index >= 15 is 0 Å². The van der Waals surface area contributed by atoms with E-state index in [1.54, 1.807) is 4.57 Å². The molecule has 3 aliphatic heterocycles. The summed E-state index contributed by atoms with van der Waals surface area (Å²) in [6.45, 7) is -4.93. The average molecular weight is 696 g/mol. The summed E-state index contributed by atoms with van der Waals surface area (Å²) in [6, 6.07) is 0. The molecule has 4 fully saturated rings. The Hall–Kier alpha value is -2.91. The highest BCUT2D eigenvalue weighted by molar-refractivity contribution is 8.44. The second-order valence-electron chi connectivity index (χ2n) is 11.6. The van der Waals surface area contributed by atoms with Gasteiger partial charge in [0.15, 0.2) is 28.9 Å². The van der Waals surface area contributed by atoms with E-state index in [2.05, 4.69) is 42.2 Å². The second-order valence-corrected chi connectivity index (χ2v) is 16.5. The molecule has 4 aromatic rings. The number of imidazole rings is 2. The van der Waals surface area contributed by atoms with Crippen LogP contribution in [-0.4, -0.2) is 94.9 Å². The molecule has 46 heavy (non-hydrogen) atoms. The van der Waals surface area contributed by atoms with Gasteiger partial charge in [-0.05, 0) is 12.8 Å². The van der Waals surface area contributed by atoms with Crippen LogP contribution in [0, 0.1) is 5.92 Å². The summed E-state index contributed by atoms with van der Waals surface area (Å²) in [6.07, 6.45) is -1.85. The normalized spacial score (nSPS) is 39.7. The van der Waals surface area contributed by atoms with Gasteiger partial charge in [-0.25, -0.2) is 24.5 Å². The third kappa shape index (κ3) is 4.82. The molecule has 10 atom stereocenters. The Labute approximate surface area is 264 Å². The van der Waals surface area contributed by atoms with Crippen LogP contribution in [0.1, 0.15) is 25.3 Å². The van der Waals surface area contributed by atoms with Crippen molar-refractivity contribution in [2.45, 2.75) is 55.3 Å². The second kappa shape index (κ2) is 10.5. The molecule has 7 heterocycles. The first-order chi connectivity index (χ1) is 21.8. The predicted octanol–water partition coefficient (Wildman–Crippen LogP) is -0.344. The number of fused-ring (bicyclic) bond motifs is 4. The van der Waals surface area contributed by atoms with Crippen LogP contribution < -0.4 is 17.0 Å². The lowest BCUT2D eigenvalue weighted by Gasteiger charge is -2.34. The van der Waals surface area contributed by atoms with Crippen LogP contribution in [0.15, 0.2) is 23.8 Å². The van der Waals surface area contributed by atoms with Crippen LogP contribution in [0.25, 0.3) is 22.3 Å². The highest BCUT2D eigenvalue weighted by atomic mass is 32.7. The van der Waals surface area contributed by atoms with Crippen molar-refractivity contribution in [2.24, 2.45) is 5.92 Å². The highest BCUT2D eigenvalue weighted by Crippen LogP contribution is 2.64. The van der Waals surface area contributed by atoms with Crippen LogP contribution in [0.4, 0.5) is 11.8 Å². The molecule has 4 aliphatic rings. The highest BCUT2D eigenvalue weighted by Gasteiger charge is 2.64. The molecule has 0 radical (unpaired) electrons. The number of aromatic amines is 1. The maximum absolute atomic E-state index is 13.9. The lowest BCUT2D eigenvalue weighted by atomic mass is 10.0. The van der Waals surface area contributed by atoms with Crippen molar-refractivity contribution < 1.29 is 41.8 Å². The SMILES string of the molecule is BP1(=O)OCC23CCC(C(n4cnc5c(N)ncnc54)O2)C3O[P@](=O)(S)OCC2OC(n3cnc4c(=O)[nH]c(N)nc43)C(O1)C2O. The molecular formula is C22H27BN10O10P2S. The van der Waals surface area contributed by atoms with Gasteiger partial charge in [0.2, 0.25) is 5.95 Å². The number of nitrogens with zero attached hydrogens (tertiary/aromatic N) is 7. The molecule has 8 rings (SSSR count). The van der Waals surface area contributed by atoms with Crippen LogP contribution in [0.5, 0.6) is 0 Å². The van der Waals surface area contributed by atoms with E-state index in [9.17, 15) is 19.0 Å². The third-order valence-electron chi connectivity index (χ3n) is 8.73. The average Bonchev–Trinajstić information content (AvgIpc) is 3.80. The largest absolute Gasteiger partial charge is 0.387 e. The minimum Gasteiger partial charge on any atom is -0.387 e. The molecule has 1 saturated carbocycles. The van der Waals surface area contributed by atoms with Gasteiger partial charge in [-0.2, -0.15) is 4.98 Å². The Morgan fingerprint density at radius 3 is 2.63 bits per heavy atom. The van der Waals surface area contributed by atoms with E-state index in [0.717, 1.165) is 0 Å². The zero-order chi connectivity index (χ0) is 32.2. The van der Waals surface area contributed by atoms with Crippen LogP contribution in [0.3, 0.4) is 0 Å². The number of thiol groups is 1. The summed E-state index contributed by atoms with van der Waals surface area (Å²) in [4.78, 5) is 35.6. The molecule has 9 unspecified atom stereocenters. The molecule has 6 N–H and O–H groups in total. The number of H-pyrrole nitrogens is 1. The van der Waals surface area contributed by atoms with Crippen molar-refractivity contribution >= 4 is 68.2 Å². The van der Waals surface area contributed by atoms with Gasteiger partial charge in [0.25, 0.3) is 20.6 Å². The van der Waals surface area contributed by atoms with Gasteiger partial charge in [0.05, 0.1) is 25.9 Å². The number of nitrogen functional groups attached to an aromatic ring is 2. The maximum atomic E-state index is 13.9. The summed E-state index contributed by atoms with van der Waals surface area (Å²) in [5, 5.41) is 11.3. The van der Waals surface area contributed by atoms with E-state index in [1.807, 2.05) is 0 Å². The zero-order valence-electron chi connectivity index (χ0n) is 23.9. The number of aromatic nitrogens is 8. The summed E-state index contributed by atoms with van der Waals surface area (Å²) < 4.78 is 66.8. The fraction of sp³-hybridized carbons (Fsp3) is 0.545. The number of rotatable bonds is 2. The summed E-state index contributed by atoms with van der Waals surface area (Å²) in [7, 11) is -2.76. The molecule has 3 saturated heterocycles. The van der Waals surface area contributed by atoms with Crippen LogP contribution in [0.2, 0.25) is 0 Å². The number of anilines is 2. The number of nitrogens with one attached hydrogen (secondary N) is 1. The number of aliphatic hydroxyl groups excluding tert-OH is 1.